The van der Waals surface area contributed by atoms with Gasteiger partial charge in [-0.25, -0.2) is 9.18 Å². The van der Waals surface area contributed by atoms with Gasteiger partial charge in [0.25, 0.3) is 0 Å². The number of rotatable bonds is 1. The first-order valence-electron chi connectivity index (χ1n) is 3.78. The molecule has 0 radical (unpaired) electrons. The van der Waals surface area contributed by atoms with Crippen LogP contribution in [0.1, 0.15) is 0 Å². The van der Waals surface area contributed by atoms with Crippen LogP contribution in [0.4, 0.5) is 10.1 Å². The number of nitrogens with one attached hydrogen (secondary N) is 1. The van der Waals surface area contributed by atoms with E-state index in [-0.39, 0.29) is 0 Å². The van der Waals surface area contributed by atoms with Crippen LogP contribution in [0.2, 0.25) is 0 Å². The number of anilines is 1. The summed E-state index contributed by atoms with van der Waals surface area (Å²) in [5.74, 6) is -2.30. The van der Waals surface area contributed by atoms with E-state index in [1.54, 1.807) is 0 Å². The predicted octanol–water partition coefficient (Wildman–Crippen LogP) is 0.937. The maximum atomic E-state index is 12.4. The Hall–Kier alpha value is -1.91. The molecule has 0 atom stereocenters. The number of esters is 1. The Balaban J connectivity index is 2.65. The Labute approximate surface area is 79.7 Å². The van der Waals surface area contributed by atoms with E-state index in [9.17, 15) is 14.0 Å². The fraction of sp³-hybridized carbons (Fsp3) is 0.111. The molecule has 1 N–H and O–H groups in total. The van der Waals surface area contributed by atoms with Crippen molar-refractivity contribution in [2.45, 2.75) is 0 Å². The zero-order chi connectivity index (χ0) is 10.6. The summed E-state index contributed by atoms with van der Waals surface area (Å²) in [5.41, 5.74) is 0.335. The number of amides is 1. The molecule has 0 bridgehead atoms. The van der Waals surface area contributed by atoms with Crippen molar-refractivity contribution < 1.29 is 18.7 Å². The lowest BCUT2D eigenvalue weighted by molar-refractivity contribution is -0.150. The Kier molecular flexibility index (Phi) is 3.17. The van der Waals surface area contributed by atoms with Gasteiger partial charge < -0.3 is 10.1 Å². The zero-order valence-electron chi connectivity index (χ0n) is 7.41. The number of halogens is 1. The standard InChI is InChI=1S/C9H8FNO3/c1-14-9(13)8(12)11-7-4-2-6(10)3-5-7/h2-5H,1H3,(H,11,12). The van der Waals surface area contributed by atoms with Crippen LogP contribution in [-0.4, -0.2) is 19.0 Å². The lowest BCUT2D eigenvalue weighted by atomic mass is 10.3. The Morgan fingerprint density at radius 2 is 1.86 bits per heavy atom. The molecule has 0 aromatic heterocycles. The summed E-state index contributed by atoms with van der Waals surface area (Å²) in [6, 6.07) is 5.03. The van der Waals surface area contributed by atoms with Crippen LogP contribution < -0.4 is 5.32 Å². The third-order valence-corrected chi connectivity index (χ3v) is 1.47. The van der Waals surface area contributed by atoms with Gasteiger partial charge in [0.1, 0.15) is 5.82 Å². The van der Waals surface area contributed by atoms with Gasteiger partial charge in [-0.3, -0.25) is 4.79 Å². The molecule has 0 unspecified atom stereocenters. The molecule has 74 valence electrons. The van der Waals surface area contributed by atoms with Crippen LogP contribution in [0, 0.1) is 5.82 Å². The number of carbonyl (C=O) groups excluding carboxylic acids is 2. The van der Waals surface area contributed by atoms with Crippen LogP contribution in [0.25, 0.3) is 0 Å². The Morgan fingerprint density at radius 3 is 2.36 bits per heavy atom. The summed E-state index contributed by atoms with van der Waals surface area (Å²) in [6.45, 7) is 0. The van der Waals surface area contributed by atoms with Gasteiger partial charge in [0.15, 0.2) is 0 Å². The summed E-state index contributed by atoms with van der Waals surface area (Å²) >= 11 is 0. The van der Waals surface area contributed by atoms with Crippen molar-refractivity contribution in [3.8, 4) is 0 Å². The molecule has 0 saturated heterocycles. The monoisotopic (exact) mass is 197 g/mol. The quantitative estimate of drug-likeness (QED) is 0.538. The zero-order valence-corrected chi connectivity index (χ0v) is 7.41. The first kappa shape index (κ1) is 10.2. The van der Waals surface area contributed by atoms with Gasteiger partial charge >= 0.3 is 11.9 Å². The average Bonchev–Trinajstić information content (AvgIpc) is 2.20. The first-order valence-corrected chi connectivity index (χ1v) is 3.78. The second-order valence-corrected chi connectivity index (χ2v) is 2.45. The number of carbonyl (C=O) groups is 2. The molecule has 0 aliphatic rings. The first-order chi connectivity index (χ1) is 6.63. The lowest BCUT2D eigenvalue weighted by Crippen LogP contribution is -2.23. The molecule has 4 nitrogen and oxygen atoms in total. The molecule has 1 aromatic rings. The summed E-state index contributed by atoms with van der Waals surface area (Å²) in [7, 11) is 1.10. The molecule has 0 heterocycles. The van der Waals surface area contributed by atoms with E-state index < -0.39 is 17.7 Å². The molecule has 14 heavy (non-hydrogen) atoms. The summed E-state index contributed by atoms with van der Waals surface area (Å²) in [4.78, 5) is 21.6. The fourth-order valence-electron chi connectivity index (χ4n) is 0.808. The van der Waals surface area contributed by atoms with Gasteiger partial charge in [0.05, 0.1) is 7.11 Å². The van der Waals surface area contributed by atoms with Gasteiger partial charge in [-0.2, -0.15) is 0 Å². The van der Waals surface area contributed by atoms with E-state index >= 15 is 0 Å². The highest BCUT2D eigenvalue weighted by Gasteiger charge is 2.13. The van der Waals surface area contributed by atoms with Crippen molar-refractivity contribution in [3.05, 3.63) is 30.1 Å². The topological polar surface area (TPSA) is 55.4 Å². The average molecular weight is 197 g/mol. The van der Waals surface area contributed by atoms with E-state index in [2.05, 4.69) is 10.1 Å². The highest BCUT2D eigenvalue weighted by atomic mass is 19.1. The van der Waals surface area contributed by atoms with Crippen LogP contribution in [-0.2, 0) is 14.3 Å². The summed E-state index contributed by atoms with van der Waals surface area (Å²) in [6.07, 6.45) is 0. The van der Waals surface area contributed by atoms with Crippen LogP contribution in [0.15, 0.2) is 24.3 Å². The van der Waals surface area contributed by atoms with Gasteiger partial charge in [-0.05, 0) is 24.3 Å². The minimum absolute atomic E-state index is 0.335. The molecule has 0 aliphatic heterocycles. The number of methoxy groups -OCH3 is 1. The van der Waals surface area contributed by atoms with Gasteiger partial charge in [-0.1, -0.05) is 0 Å². The van der Waals surface area contributed by atoms with Gasteiger partial charge in [0, 0.05) is 5.69 Å². The highest BCUT2D eigenvalue weighted by molar-refractivity contribution is 6.37. The molecule has 5 heteroatoms. The van der Waals surface area contributed by atoms with E-state index in [1.165, 1.54) is 24.3 Å². The predicted molar refractivity (Wildman–Crippen MR) is 47.0 cm³/mol. The number of hydrogen-bond donors (Lipinski definition) is 1. The second-order valence-electron chi connectivity index (χ2n) is 2.45. The van der Waals surface area contributed by atoms with E-state index in [1.807, 2.05) is 0 Å². The normalized spacial score (nSPS) is 9.29. The van der Waals surface area contributed by atoms with E-state index in [0.29, 0.717) is 5.69 Å². The van der Waals surface area contributed by atoms with Crippen molar-refractivity contribution in [1.82, 2.24) is 0 Å². The summed E-state index contributed by atoms with van der Waals surface area (Å²) in [5, 5.41) is 2.24. The maximum absolute atomic E-state index is 12.4. The van der Waals surface area contributed by atoms with Crippen LogP contribution >= 0.6 is 0 Å². The molecular formula is C9H8FNO3. The summed E-state index contributed by atoms with van der Waals surface area (Å²) < 4.78 is 16.6. The van der Waals surface area contributed by atoms with Gasteiger partial charge in [0.2, 0.25) is 0 Å². The molecule has 0 fully saturated rings. The Morgan fingerprint density at radius 1 is 1.29 bits per heavy atom. The van der Waals surface area contributed by atoms with Crippen molar-refractivity contribution in [1.29, 1.82) is 0 Å². The van der Waals surface area contributed by atoms with Crippen LogP contribution in [0.5, 0.6) is 0 Å². The molecular weight excluding hydrogens is 189 g/mol. The smallest absolute Gasteiger partial charge is 0.396 e. The number of hydrogen-bond acceptors (Lipinski definition) is 3. The molecule has 1 rings (SSSR count). The molecule has 1 aromatic carbocycles. The highest BCUT2D eigenvalue weighted by Crippen LogP contribution is 2.07. The van der Waals surface area contributed by atoms with Crippen molar-refractivity contribution in [2.75, 3.05) is 12.4 Å². The minimum Gasteiger partial charge on any atom is -0.462 e. The van der Waals surface area contributed by atoms with Crippen molar-refractivity contribution in [3.63, 3.8) is 0 Å². The van der Waals surface area contributed by atoms with Crippen molar-refractivity contribution in [2.24, 2.45) is 0 Å². The molecule has 0 saturated carbocycles. The molecule has 1 amide bonds. The molecule has 0 aliphatic carbocycles. The van der Waals surface area contributed by atoms with E-state index in [0.717, 1.165) is 7.11 Å². The van der Waals surface area contributed by atoms with Crippen molar-refractivity contribution >= 4 is 17.6 Å². The largest absolute Gasteiger partial charge is 0.462 e. The van der Waals surface area contributed by atoms with E-state index in [4.69, 9.17) is 0 Å². The third-order valence-electron chi connectivity index (χ3n) is 1.47. The van der Waals surface area contributed by atoms with Gasteiger partial charge in [-0.15, -0.1) is 0 Å². The molecule has 0 spiro atoms. The minimum atomic E-state index is -0.991. The Bertz CT molecular complexity index is 348. The number of benzene rings is 1. The lowest BCUT2D eigenvalue weighted by Gasteiger charge is -2.02. The SMILES string of the molecule is COC(=O)C(=O)Nc1ccc(F)cc1. The second kappa shape index (κ2) is 4.36. The maximum Gasteiger partial charge on any atom is 0.396 e. The van der Waals surface area contributed by atoms with Crippen LogP contribution in [0.3, 0.4) is 0 Å². The third kappa shape index (κ3) is 2.55. The number of ether oxygens (including phenoxy) is 1. The fourth-order valence-corrected chi connectivity index (χ4v) is 0.808.